The van der Waals surface area contributed by atoms with Gasteiger partial charge in [-0.1, -0.05) is 19.8 Å². The van der Waals surface area contributed by atoms with E-state index in [1.54, 1.807) is 0 Å². The number of nitrogens with two attached hydrogens (primary N) is 1. The highest BCUT2D eigenvalue weighted by atomic mass is 16.1. The molecule has 0 spiro atoms. The second-order valence-corrected chi connectivity index (χ2v) is 6.94. The van der Waals surface area contributed by atoms with E-state index in [-0.39, 0.29) is 11.9 Å². The fourth-order valence-electron chi connectivity index (χ4n) is 2.73. The minimum absolute atomic E-state index is 0.252. The van der Waals surface area contributed by atoms with E-state index in [1.165, 1.54) is 19.3 Å². The second kappa shape index (κ2) is 10.2. The Morgan fingerprint density at radius 1 is 1.14 bits per heavy atom. The van der Waals surface area contributed by atoms with Crippen molar-refractivity contribution in [3.8, 4) is 0 Å². The lowest BCUT2D eigenvalue weighted by Crippen LogP contribution is -2.55. The number of hydrogen-bond acceptors (Lipinski definition) is 3. The lowest BCUT2D eigenvalue weighted by atomic mass is 9.93. The first-order valence-corrected chi connectivity index (χ1v) is 8.54. The van der Waals surface area contributed by atoms with Crippen molar-refractivity contribution < 1.29 is 4.79 Å². The normalized spacial score (nSPS) is 14.9. The molecule has 21 heavy (non-hydrogen) atoms. The minimum atomic E-state index is -0.597. The van der Waals surface area contributed by atoms with Crippen molar-refractivity contribution in [2.45, 2.75) is 91.3 Å². The second-order valence-electron chi connectivity index (χ2n) is 6.94. The molecule has 0 aliphatic heterocycles. The van der Waals surface area contributed by atoms with Crippen LogP contribution in [-0.4, -0.2) is 41.5 Å². The largest absolute Gasteiger partial charge is 0.368 e. The number of rotatable bonds is 12. The summed E-state index contributed by atoms with van der Waals surface area (Å²) in [5.74, 6) is -0.252. The maximum absolute atomic E-state index is 11.7. The maximum atomic E-state index is 11.7. The zero-order valence-corrected chi connectivity index (χ0v) is 15.0. The van der Waals surface area contributed by atoms with Gasteiger partial charge in [-0.3, -0.25) is 4.79 Å². The molecule has 0 saturated carbocycles. The van der Waals surface area contributed by atoms with Gasteiger partial charge in [-0.25, -0.2) is 0 Å². The Balaban J connectivity index is 4.35. The number of carbonyl (C=O) groups is 1. The van der Waals surface area contributed by atoms with Gasteiger partial charge in [0.15, 0.2) is 0 Å². The smallest absolute Gasteiger partial charge is 0.237 e. The van der Waals surface area contributed by atoms with Gasteiger partial charge in [-0.2, -0.15) is 0 Å². The Labute approximate surface area is 131 Å². The predicted octanol–water partition coefficient (Wildman–Crippen LogP) is 2.91. The van der Waals surface area contributed by atoms with Crippen LogP contribution in [0.5, 0.6) is 0 Å². The molecule has 0 rings (SSSR count). The van der Waals surface area contributed by atoms with Crippen molar-refractivity contribution in [2.75, 3.05) is 13.1 Å². The van der Waals surface area contributed by atoms with Crippen LogP contribution in [0.15, 0.2) is 0 Å². The van der Waals surface area contributed by atoms with Gasteiger partial charge >= 0.3 is 0 Å². The van der Waals surface area contributed by atoms with E-state index < -0.39 is 5.54 Å². The van der Waals surface area contributed by atoms with Gasteiger partial charge in [0.1, 0.15) is 0 Å². The summed E-state index contributed by atoms with van der Waals surface area (Å²) in [7, 11) is 0. The van der Waals surface area contributed by atoms with Crippen molar-refractivity contribution in [3.05, 3.63) is 0 Å². The third-order valence-electron chi connectivity index (χ3n) is 4.05. The summed E-state index contributed by atoms with van der Waals surface area (Å²) < 4.78 is 0. The average molecular weight is 300 g/mol. The molecule has 0 aliphatic rings. The summed E-state index contributed by atoms with van der Waals surface area (Å²) in [6, 6.07) is 0.813. The first-order chi connectivity index (χ1) is 9.73. The quantitative estimate of drug-likeness (QED) is 0.545. The number of hydrogen-bond donors (Lipinski definition) is 2. The highest BCUT2D eigenvalue weighted by molar-refractivity contribution is 5.84. The van der Waals surface area contributed by atoms with Crippen LogP contribution in [0, 0.1) is 0 Å². The highest BCUT2D eigenvalue weighted by Gasteiger charge is 2.30. The Morgan fingerprint density at radius 2 is 1.71 bits per heavy atom. The van der Waals surface area contributed by atoms with Crippen LogP contribution in [-0.2, 0) is 4.79 Å². The van der Waals surface area contributed by atoms with E-state index in [4.69, 9.17) is 5.73 Å². The molecule has 0 fully saturated rings. The molecule has 1 atom stereocenters. The van der Waals surface area contributed by atoms with Gasteiger partial charge in [0.2, 0.25) is 5.91 Å². The fourth-order valence-corrected chi connectivity index (χ4v) is 2.73. The van der Waals surface area contributed by atoms with Gasteiger partial charge in [-0.15, -0.1) is 0 Å². The van der Waals surface area contributed by atoms with Crippen molar-refractivity contribution in [1.82, 2.24) is 10.2 Å². The molecule has 0 saturated heterocycles. The van der Waals surface area contributed by atoms with Gasteiger partial charge in [0, 0.05) is 12.1 Å². The number of unbranched alkanes of at least 4 members (excludes halogenated alkanes) is 2. The van der Waals surface area contributed by atoms with E-state index in [0.29, 0.717) is 6.04 Å². The van der Waals surface area contributed by atoms with Gasteiger partial charge in [0.05, 0.1) is 5.54 Å². The molecule has 0 aliphatic carbocycles. The lowest BCUT2D eigenvalue weighted by molar-refractivity contribution is -0.124. The molecular formula is C17H37N3O. The number of nitrogens with zero attached hydrogens (tertiary/aromatic N) is 1. The first-order valence-electron chi connectivity index (χ1n) is 8.54. The zero-order chi connectivity index (χ0) is 16.5. The topological polar surface area (TPSA) is 58.4 Å². The van der Waals surface area contributed by atoms with Crippen LogP contribution >= 0.6 is 0 Å². The molecule has 4 heteroatoms. The fraction of sp³-hybridized carbons (Fsp3) is 0.941. The molecule has 3 N–H and O–H groups in total. The third-order valence-corrected chi connectivity index (χ3v) is 4.05. The van der Waals surface area contributed by atoms with Crippen LogP contribution in [0.25, 0.3) is 0 Å². The Morgan fingerprint density at radius 3 is 2.14 bits per heavy atom. The number of nitrogens with one attached hydrogen (secondary N) is 1. The van der Waals surface area contributed by atoms with Gasteiger partial charge in [-0.05, 0) is 67.0 Å². The van der Waals surface area contributed by atoms with Crippen molar-refractivity contribution in [2.24, 2.45) is 5.73 Å². The van der Waals surface area contributed by atoms with Crippen molar-refractivity contribution in [3.63, 3.8) is 0 Å². The molecule has 1 amide bonds. The molecule has 1 unspecified atom stereocenters. The summed E-state index contributed by atoms with van der Waals surface area (Å²) in [4.78, 5) is 14.2. The van der Waals surface area contributed by atoms with Crippen LogP contribution in [0.4, 0.5) is 0 Å². The van der Waals surface area contributed by atoms with E-state index in [9.17, 15) is 4.79 Å². The summed E-state index contributed by atoms with van der Waals surface area (Å²) in [6.07, 6.45) is 5.58. The Kier molecular flexibility index (Phi) is 9.88. The van der Waals surface area contributed by atoms with Crippen molar-refractivity contribution in [1.29, 1.82) is 0 Å². The van der Waals surface area contributed by atoms with Crippen LogP contribution in [0.2, 0.25) is 0 Å². The monoisotopic (exact) mass is 299 g/mol. The van der Waals surface area contributed by atoms with Crippen LogP contribution in [0.1, 0.15) is 73.6 Å². The van der Waals surface area contributed by atoms with E-state index in [1.807, 2.05) is 20.8 Å². The van der Waals surface area contributed by atoms with Gasteiger partial charge in [0.25, 0.3) is 0 Å². The maximum Gasteiger partial charge on any atom is 0.237 e. The van der Waals surface area contributed by atoms with Crippen molar-refractivity contribution >= 4 is 5.91 Å². The van der Waals surface area contributed by atoms with Gasteiger partial charge < -0.3 is 16.0 Å². The molecule has 0 heterocycles. The number of primary amides is 1. The SMILES string of the molecule is CCCCCN(CCCC(C)(NC(C)C)C(N)=O)C(C)C. The lowest BCUT2D eigenvalue weighted by Gasteiger charge is -2.32. The molecule has 126 valence electrons. The van der Waals surface area contributed by atoms with E-state index >= 15 is 0 Å². The standard InChI is InChI=1S/C17H37N3O/c1-7-8-9-12-20(15(4)5)13-10-11-17(6,16(18)21)19-14(2)3/h14-15,19H,7-13H2,1-6H3,(H2,18,21). The van der Waals surface area contributed by atoms with E-state index in [0.717, 1.165) is 25.9 Å². The summed E-state index contributed by atoms with van der Waals surface area (Å²) in [5, 5.41) is 3.32. The summed E-state index contributed by atoms with van der Waals surface area (Å²) >= 11 is 0. The average Bonchev–Trinajstić information content (AvgIpc) is 2.35. The molecular weight excluding hydrogens is 262 g/mol. The molecule has 0 bridgehead atoms. The summed E-state index contributed by atoms with van der Waals surface area (Å²) in [5.41, 5.74) is 4.98. The number of carbonyl (C=O) groups excluding carboxylic acids is 1. The molecule has 0 aromatic carbocycles. The predicted molar refractivity (Wildman–Crippen MR) is 91.3 cm³/mol. The van der Waals surface area contributed by atoms with E-state index in [2.05, 4.69) is 31.0 Å². The molecule has 0 aromatic rings. The Bertz CT molecular complexity index is 292. The first kappa shape index (κ1) is 20.4. The summed E-state index contributed by atoms with van der Waals surface area (Å²) in [6.45, 7) is 14.9. The van der Waals surface area contributed by atoms with Crippen LogP contribution in [0.3, 0.4) is 0 Å². The highest BCUT2D eigenvalue weighted by Crippen LogP contribution is 2.15. The van der Waals surface area contributed by atoms with Crippen LogP contribution < -0.4 is 11.1 Å². The zero-order valence-electron chi connectivity index (χ0n) is 15.0. The minimum Gasteiger partial charge on any atom is -0.368 e. The Hall–Kier alpha value is -0.610. The molecule has 0 aromatic heterocycles. The molecule has 0 radical (unpaired) electrons. The number of amides is 1. The molecule has 4 nitrogen and oxygen atoms in total. The third kappa shape index (κ3) is 8.42.